The molecule has 0 radical (unpaired) electrons. The monoisotopic (exact) mass is 750 g/mol. The number of sulfonamides is 2. The van der Waals surface area contributed by atoms with E-state index >= 15 is 0 Å². The first-order valence-electron chi connectivity index (χ1n) is 11.7. The highest BCUT2D eigenvalue weighted by atomic mass is 32.2. The molecule has 0 aromatic heterocycles. The van der Waals surface area contributed by atoms with Crippen LogP contribution in [0.25, 0.3) is 0 Å². The van der Waals surface area contributed by atoms with E-state index in [2.05, 4.69) is 8.80 Å². The van der Waals surface area contributed by atoms with E-state index in [0.29, 0.717) is 0 Å². The van der Waals surface area contributed by atoms with Gasteiger partial charge in [-0.1, -0.05) is 4.40 Å². The zero-order valence-corrected chi connectivity index (χ0v) is 24.6. The van der Waals surface area contributed by atoms with E-state index in [1.807, 2.05) is 0 Å². The number of nitrogens with zero attached hydrogens (tertiary/aromatic N) is 4. The van der Waals surface area contributed by atoms with E-state index in [9.17, 15) is 87.3 Å². The number of ketones is 1. The van der Waals surface area contributed by atoms with E-state index in [4.69, 9.17) is 9.47 Å². The maximum atomic E-state index is 13.2. The molecular formula is C16H22B2F14N4O8S2. The van der Waals surface area contributed by atoms with Crippen molar-refractivity contribution in [1.29, 1.82) is 0 Å². The summed E-state index contributed by atoms with van der Waals surface area (Å²) in [5.41, 5.74) is -14.2. The Morgan fingerprint density at radius 1 is 0.609 bits per heavy atom. The van der Waals surface area contributed by atoms with Crippen molar-refractivity contribution < 1.29 is 106 Å². The van der Waals surface area contributed by atoms with Gasteiger partial charge in [-0.3, -0.25) is 13.8 Å². The van der Waals surface area contributed by atoms with Crippen molar-refractivity contribution in [2.24, 2.45) is 8.80 Å². The highest BCUT2D eigenvalue weighted by molar-refractivity contribution is 7.91. The van der Waals surface area contributed by atoms with Crippen molar-refractivity contribution in [1.82, 2.24) is 0 Å². The number of hydrogen-bond acceptors (Lipinski definition) is 8. The van der Waals surface area contributed by atoms with Gasteiger partial charge >= 0.3 is 57.3 Å². The Morgan fingerprint density at radius 2 is 0.891 bits per heavy atom. The summed E-state index contributed by atoms with van der Waals surface area (Å²) in [5, 5.41) is 0. The molecule has 0 spiro atoms. The van der Waals surface area contributed by atoms with Crippen LogP contribution in [-0.4, -0.2) is 141 Å². The summed E-state index contributed by atoms with van der Waals surface area (Å²) in [6.07, 6.45) is 0. The first kappa shape index (κ1) is 43.6. The molecule has 0 aromatic carbocycles. The summed E-state index contributed by atoms with van der Waals surface area (Å²) in [6.45, 7) is -2.03. The van der Waals surface area contributed by atoms with Crippen molar-refractivity contribution in [3.05, 3.63) is 0 Å². The third-order valence-electron chi connectivity index (χ3n) is 5.54. The second-order valence-electron chi connectivity index (χ2n) is 9.23. The molecule has 0 bridgehead atoms. The number of rotatable bonds is 5. The molecule has 2 aliphatic rings. The lowest BCUT2D eigenvalue weighted by Crippen LogP contribution is -2.63. The van der Waals surface area contributed by atoms with Crippen molar-refractivity contribution in [2.75, 3.05) is 66.7 Å². The summed E-state index contributed by atoms with van der Waals surface area (Å²) in [4.78, 5) is 26.2. The topological polar surface area (TPSA) is 146 Å². The minimum Gasteiger partial charge on any atom is -0.418 e. The van der Waals surface area contributed by atoms with Crippen LogP contribution in [0.2, 0.25) is 0 Å². The molecule has 12 nitrogen and oxygen atoms in total. The molecule has 2 aliphatic heterocycles. The van der Waals surface area contributed by atoms with Crippen molar-refractivity contribution in [3.8, 4) is 0 Å². The molecule has 0 aliphatic carbocycles. The second-order valence-corrected chi connectivity index (χ2v) is 12.4. The molecule has 270 valence electrons. The molecule has 1 amide bonds. The Morgan fingerprint density at radius 3 is 1.20 bits per heavy atom. The highest BCUT2D eigenvalue weighted by Crippen LogP contribution is 2.29. The number of hydrogen-bond donors (Lipinski definition) is 0. The van der Waals surface area contributed by atoms with Crippen LogP contribution < -0.4 is 0 Å². The lowest BCUT2D eigenvalue weighted by Gasteiger charge is -2.37. The summed E-state index contributed by atoms with van der Waals surface area (Å²) in [6, 6.07) is 0. The average molecular weight is 750 g/mol. The van der Waals surface area contributed by atoms with E-state index < -0.39 is 90.9 Å². The third kappa shape index (κ3) is 14.1. The van der Waals surface area contributed by atoms with Gasteiger partial charge in [0.2, 0.25) is 5.71 Å². The van der Waals surface area contributed by atoms with Crippen molar-refractivity contribution in [3.63, 3.8) is 0 Å². The SMILES string of the molecule is C[N+]1(C(=O)C(=O)C(=NS(=O)(=O)C(F)(F)F)C(=NS(=O)(=O)C(F)(F)F)[N+]2(C)CCOCC2)CCOCC1.F[B-](F)(F)F.F[B-](F)(F)F. The number of likely N-dealkylation sites (N-methyl/N-ethyl adjacent to an activating group) is 2. The Hall–Kier alpha value is -2.43. The molecule has 2 saturated heterocycles. The number of alkyl halides is 6. The number of morpholine rings is 2. The lowest BCUT2D eigenvalue weighted by atomic mass is 10.1. The number of ether oxygens (including phenoxy) is 2. The van der Waals surface area contributed by atoms with Gasteiger partial charge in [0.1, 0.15) is 26.2 Å². The number of carbonyl (C=O) groups is 2. The van der Waals surface area contributed by atoms with Crippen LogP contribution in [0.15, 0.2) is 8.80 Å². The number of Topliss-reactive ketones (excluding diaryl/α,β-unsaturated/α-hetero) is 1. The smallest absolute Gasteiger partial charge is 0.418 e. The van der Waals surface area contributed by atoms with Gasteiger partial charge in [0, 0.05) is 0 Å². The zero-order chi connectivity index (χ0) is 36.8. The standard InChI is InChI=1S/C16H22F6N4O8S2.2BF4/c1-25(3-7-33-8-4-25)13(24-36(31,32)16(20,21)22)11(23-35(29,30)15(17,18)19)12(27)14(28)26(2)5-9-34-10-6-26;2*2-1(3,4)5/h3-10H2,1-2H3;;/q+2;2*-1. The molecule has 30 heteroatoms. The fourth-order valence-electron chi connectivity index (χ4n) is 3.17. The Labute approximate surface area is 250 Å². The van der Waals surface area contributed by atoms with Crippen LogP contribution in [0.5, 0.6) is 0 Å². The normalized spacial score (nSPS) is 20.0. The van der Waals surface area contributed by atoms with Gasteiger partial charge in [0.15, 0.2) is 0 Å². The molecule has 0 N–H and O–H groups in total. The van der Waals surface area contributed by atoms with Crippen LogP contribution in [0.4, 0.5) is 60.9 Å². The molecule has 0 atom stereocenters. The first-order valence-corrected chi connectivity index (χ1v) is 14.6. The fourth-order valence-corrected chi connectivity index (χ4v) is 4.30. The molecule has 0 aromatic rings. The van der Waals surface area contributed by atoms with E-state index in [1.165, 1.54) is 0 Å². The van der Waals surface area contributed by atoms with Crippen LogP contribution in [0.1, 0.15) is 0 Å². The summed E-state index contributed by atoms with van der Waals surface area (Å²) in [5.74, 6) is -5.21. The maximum Gasteiger partial charge on any atom is 0.673 e. The summed E-state index contributed by atoms with van der Waals surface area (Å²) in [7, 11) is -23.0. The van der Waals surface area contributed by atoms with E-state index in [1.54, 1.807) is 0 Å². The van der Waals surface area contributed by atoms with Crippen LogP contribution in [-0.2, 0) is 39.1 Å². The predicted molar refractivity (Wildman–Crippen MR) is 129 cm³/mol. The molecule has 0 saturated carbocycles. The van der Waals surface area contributed by atoms with Crippen molar-refractivity contribution in [2.45, 2.75) is 11.0 Å². The van der Waals surface area contributed by atoms with Gasteiger partial charge in [-0.2, -0.15) is 43.2 Å². The van der Waals surface area contributed by atoms with Gasteiger partial charge in [-0.15, -0.1) is 4.40 Å². The van der Waals surface area contributed by atoms with Crippen LogP contribution in [0, 0.1) is 0 Å². The molecule has 46 heavy (non-hydrogen) atoms. The van der Waals surface area contributed by atoms with Gasteiger partial charge in [0.25, 0.3) is 5.84 Å². The van der Waals surface area contributed by atoms with Crippen LogP contribution >= 0.6 is 0 Å². The average Bonchev–Trinajstić information content (AvgIpc) is 2.82. The molecular weight excluding hydrogens is 728 g/mol. The number of amides is 1. The molecule has 0 unspecified atom stereocenters. The molecule has 2 fully saturated rings. The fraction of sp³-hybridized carbons (Fsp3) is 0.750. The Balaban J connectivity index is 0.00000175. The van der Waals surface area contributed by atoms with Crippen LogP contribution in [0.3, 0.4) is 0 Å². The van der Waals surface area contributed by atoms with E-state index in [-0.39, 0.29) is 39.5 Å². The number of carbonyl (C=O) groups excluding carboxylic acids is 2. The maximum absolute atomic E-state index is 13.2. The minimum absolute atomic E-state index is 0.0860. The van der Waals surface area contributed by atoms with Gasteiger partial charge in [0.05, 0.1) is 40.5 Å². The minimum atomic E-state index is -6.64. The highest BCUT2D eigenvalue weighted by Gasteiger charge is 2.54. The number of quaternary nitrogens is 2. The van der Waals surface area contributed by atoms with Crippen molar-refractivity contribution >= 4 is 57.8 Å². The second kappa shape index (κ2) is 15.2. The Bertz CT molecular complexity index is 1340. The van der Waals surface area contributed by atoms with Gasteiger partial charge < -0.3 is 44.0 Å². The first-order chi connectivity index (χ1) is 20.2. The summed E-state index contributed by atoms with van der Waals surface area (Å²) < 4.78 is 217. The molecule has 2 rings (SSSR count). The zero-order valence-electron chi connectivity index (χ0n) is 23.0. The number of amidine groups is 1. The summed E-state index contributed by atoms with van der Waals surface area (Å²) >= 11 is 0. The van der Waals surface area contributed by atoms with E-state index in [0.717, 1.165) is 14.1 Å². The number of halogens is 14. The lowest BCUT2D eigenvalue weighted by molar-refractivity contribution is -0.840. The third-order valence-corrected chi connectivity index (χ3v) is 7.55. The Kier molecular flexibility index (Phi) is 14.4. The quantitative estimate of drug-likeness (QED) is 0.104. The van der Waals surface area contributed by atoms with Gasteiger partial charge in [-0.05, 0) is 0 Å². The van der Waals surface area contributed by atoms with Gasteiger partial charge in [-0.25, -0.2) is 4.79 Å². The molecule has 2 heterocycles. The largest absolute Gasteiger partial charge is 0.673 e. The predicted octanol–water partition coefficient (Wildman–Crippen LogP) is 2.17.